The molecule has 0 heterocycles. The Morgan fingerprint density at radius 2 is 1.95 bits per heavy atom. The number of aryl methyl sites for hydroxylation is 1. The molecule has 0 aliphatic rings. The summed E-state index contributed by atoms with van der Waals surface area (Å²) in [4.78, 5) is 11.3. The van der Waals surface area contributed by atoms with Crippen molar-refractivity contribution in [2.75, 3.05) is 6.61 Å². The van der Waals surface area contributed by atoms with E-state index >= 15 is 0 Å². The summed E-state index contributed by atoms with van der Waals surface area (Å²) < 4.78 is 41.6. The van der Waals surface area contributed by atoms with Crippen LogP contribution in [-0.4, -0.2) is 18.6 Å². The average Bonchev–Trinajstić information content (AvgIpc) is 2.41. The zero-order valence-corrected chi connectivity index (χ0v) is 10.5. The zero-order valence-electron chi connectivity index (χ0n) is 10.5. The van der Waals surface area contributed by atoms with Crippen molar-refractivity contribution in [3.63, 3.8) is 0 Å². The lowest BCUT2D eigenvalue weighted by molar-refractivity contribution is -0.144. The number of esters is 1. The summed E-state index contributed by atoms with van der Waals surface area (Å²) in [6.07, 6.45) is -3.79. The molecule has 0 spiro atoms. The van der Waals surface area contributed by atoms with Gasteiger partial charge < -0.3 is 10.5 Å². The van der Waals surface area contributed by atoms with Gasteiger partial charge in [0.15, 0.2) is 6.61 Å². The van der Waals surface area contributed by atoms with E-state index in [-0.39, 0.29) is 13.0 Å². The minimum Gasteiger partial charge on any atom is -0.449 e. The fourth-order valence-corrected chi connectivity index (χ4v) is 1.51. The van der Waals surface area contributed by atoms with Crippen molar-refractivity contribution in [3.05, 3.63) is 35.4 Å². The topological polar surface area (TPSA) is 76.1 Å². The molecule has 7 heteroatoms. The van der Waals surface area contributed by atoms with E-state index in [0.29, 0.717) is 12.0 Å². The first-order valence-corrected chi connectivity index (χ1v) is 5.80. The maximum absolute atomic E-state index is 12.4. The van der Waals surface area contributed by atoms with Crippen molar-refractivity contribution in [2.45, 2.75) is 25.1 Å². The number of carbonyl (C=O) groups is 1. The van der Waals surface area contributed by atoms with Gasteiger partial charge in [-0.25, -0.2) is 0 Å². The van der Waals surface area contributed by atoms with E-state index in [2.05, 4.69) is 4.74 Å². The highest BCUT2D eigenvalue weighted by Gasteiger charge is 2.29. The molecule has 0 radical (unpaired) electrons. The monoisotopic (exact) mass is 286 g/mol. The van der Waals surface area contributed by atoms with E-state index in [4.69, 9.17) is 11.0 Å². The van der Waals surface area contributed by atoms with Crippen molar-refractivity contribution in [2.24, 2.45) is 5.73 Å². The number of ether oxygens (including phenoxy) is 1. The van der Waals surface area contributed by atoms with E-state index in [1.165, 1.54) is 12.1 Å². The Bertz CT molecular complexity index is 492. The van der Waals surface area contributed by atoms with Crippen LogP contribution in [0.5, 0.6) is 0 Å². The highest BCUT2D eigenvalue weighted by molar-refractivity contribution is 5.75. The molecule has 0 amide bonds. The second-order valence-electron chi connectivity index (χ2n) is 4.11. The summed E-state index contributed by atoms with van der Waals surface area (Å²) in [6, 6.07) is 5.39. The lowest BCUT2D eigenvalue weighted by Gasteiger charge is -2.10. The molecule has 108 valence electrons. The van der Waals surface area contributed by atoms with Crippen LogP contribution >= 0.6 is 0 Å². The van der Waals surface area contributed by atoms with E-state index in [9.17, 15) is 18.0 Å². The number of hydrogen-bond donors (Lipinski definition) is 1. The standard InChI is InChI=1S/C13H13F3N2O2/c14-13(15,16)10-4-1-9(2-5-10)3-6-11(18)12(19)20-8-7-17/h1-2,4-5,11H,3,6,8,18H2/t11-/m0/s1. The van der Waals surface area contributed by atoms with Crippen molar-refractivity contribution < 1.29 is 22.7 Å². The van der Waals surface area contributed by atoms with Gasteiger partial charge in [-0.3, -0.25) is 4.79 Å². The Morgan fingerprint density at radius 1 is 1.35 bits per heavy atom. The van der Waals surface area contributed by atoms with Crippen molar-refractivity contribution >= 4 is 5.97 Å². The molecule has 20 heavy (non-hydrogen) atoms. The van der Waals surface area contributed by atoms with Crippen LogP contribution < -0.4 is 5.73 Å². The van der Waals surface area contributed by atoms with Crippen LogP contribution in [0, 0.1) is 11.3 Å². The largest absolute Gasteiger partial charge is 0.449 e. The molecular formula is C13H13F3N2O2. The summed E-state index contributed by atoms with van der Waals surface area (Å²) in [6.45, 7) is -0.368. The summed E-state index contributed by atoms with van der Waals surface area (Å²) in [5.74, 6) is -0.696. The van der Waals surface area contributed by atoms with E-state index in [1.54, 1.807) is 6.07 Å². The maximum Gasteiger partial charge on any atom is 0.416 e. The van der Waals surface area contributed by atoms with Crippen LogP contribution in [0.25, 0.3) is 0 Å². The van der Waals surface area contributed by atoms with Crippen LogP contribution in [0.15, 0.2) is 24.3 Å². The average molecular weight is 286 g/mol. The molecule has 0 bridgehead atoms. The third-order valence-corrected chi connectivity index (χ3v) is 2.61. The van der Waals surface area contributed by atoms with Gasteiger partial charge in [-0.1, -0.05) is 12.1 Å². The van der Waals surface area contributed by atoms with Crippen molar-refractivity contribution in [3.8, 4) is 6.07 Å². The molecule has 0 saturated carbocycles. The molecule has 0 aromatic heterocycles. The third-order valence-electron chi connectivity index (χ3n) is 2.61. The summed E-state index contributed by atoms with van der Waals surface area (Å²) in [5.41, 5.74) is 5.46. The summed E-state index contributed by atoms with van der Waals surface area (Å²) >= 11 is 0. The first-order chi connectivity index (χ1) is 9.34. The SMILES string of the molecule is N#CCOC(=O)[C@@H](N)CCc1ccc(C(F)(F)F)cc1. The highest BCUT2D eigenvalue weighted by atomic mass is 19.4. The number of halogens is 3. The van der Waals surface area contributed by atoms with Crippen LogP contribution in [0.2, 0.25) is 0 Å². The quantitative estimate of drug-likeness (QED) is 0.840. The number of carbonyl (C=O) groups excluding carboxylic acids is 1. The Labute approximate surface area is 113 Å². The second kappa shape index (κ2) is 6.91. The van der Waals surface area contributed by atoms with Crippen molar-refractivity contribution in [1.82, 2.24) is 0 Å². The minimum atomic E-state index is -4.37. The first-order valence-electron chi connectivity index (χ1n) is 5.80. The van der Waals surface area contributed by atoms with Gasteiger partial charge in [0.05, 0.1) is 5.56 Å². The number of nitrogens with two attached hydrogens (primary N) is 1. The van der Waals surface area contributed by atoms with Crippen LogP contribution in [-0.2, 0) is 22.1 Å². The Kier molecular flexibility index (Phi) is 5.53. The minimum absolute atomic E-state index is 0.232. The number of benzene rings is 1. The van der Waals surface area contributed by atoms with Gasteiger partial charge in [0.1, 0.15) is 12.1 Å². The van der Waals surface area contributed by atoms with Gasteiger partial charge in [-0.2, -0.15) is 18.4 Å². The molecule has 4 nitrogen and oxygen atoms in total. The summed E-state index contributed by atoms with van der Waals surface area (Å²) in [7, 11) is 0. The third kappa shape index (κ3) is 4.90. The lowest BCUT2D eigenvalue weighted by atomic mass is 10.0. The van der Waals surface area contributed by atoms with Gasteiger partial charge >= 0.3 is 12.1 Å². The Hall–Kier alpha value is -2.07. The molecule has 0 aliphatic heterocycles. The molecule has 0 fully saturated rings. The molecule has 1 rings (SSSR count). The summed E-state index contributed by atoms with van der Waals surface area (Å²) in [5, 5.41) is 8.24. The van der Waals surface area contributed by atoms with Gasteiger partial charge in [0, 0.05) is 0 Å². The van der Waals surface area contributed by atoms with Crippen LogP contribution in [0.4, 0.5) is 13.2 Å². The lowest BCUT2D eigenvalue weighted by Crippen LogP contribution is -2.32. The predicted molar refractivity (Wildman–Crippen MR) is 64.3 cm³/mol. The van der Waals surface area contributed by atoms with Crippen LogP contribution in [0.3, 0.4) is 0 Å². The van der Waals surface area contributed by atoms with Gasteiger partial charge in [0.2, 0.25) is 0 Å². The molecule has 1 atom stereocenters. The Balaban J connectivity index is 2.50. The fourth-order valence-electron chi connectivity index (χ4n) is 1.51. The fraction of sp³-hybridized carbons (Fsp3) is 0.385. The van der Waals surface area contributed by atoms with Gasteiger partial charge in [-0.15, -0.1) is 0 Å². The maximum atomic E-state index is 12.4. The molecule has 0 unspecified atom stereocenters. The van der Waals surface area contributed by atoms with Crippen LogP contribution in [0.1, 0.15) is 17.5 Å². The predicted octanol–water partition coefficient (Wildman–Crippen LogP) is 2.03. The number of nitrogens with zero attached hydrogens (tertiary/aromatic N) is 1. The molecule has 0 aliphatic carbocycles. The van der Waals surface area contributed by atoms with Gasteiger partial charge in [0.25, 0.3) is 0 Å². The van der Waals surface area contributed by atoms with E-state index in [0.717, 1.165) is 12.1 Å². The molecular weight excluding hydrogens is 273 g/mol. The number of alkyl halides is 3. The molecule has 2 N–H and O–H groups in total. The molecule has 1 aromatic rings. The molecule has 1 aromatic carbocycles. The smallest absolute Gasteiger partial charge is 0.416 e. The normalized spacial score (nSPS) is 12.6. The number of rotatable bonds is 5. The van der Waals surface area contributed by atoms with E-state index in [1.807, 2.05) is 0 Å². The number of hydrogen-bond acceptors (Lipinski definition) is 4. The number of nitriles is 1. The second-order valence-corrected chi connectivity index (χ2v) is 4.11. The zero-order chi connectivity index (χ0) is 15.2. The van der Waals surface area contributed by atoms with E-state index < -0.39 is 23.8 Å². The Morgan fingerprint density at radius 3 is 2.45 bits per heavy atom. The highest BCUT2D eigenvalue weighted by Crippen LogP contribution is 2.29. The van der Waals surface area contributed by atoms with Crippen molar-refractivity contribution in [1.29, 1.82) is 5.26 Å². The molecule has 0 saturated heterocycles. The van der Waals surface area contributed by atoms with Gasteiger partial charge in [-0.05, 0) is 30.5 Å². The first kappa shape index (κ1) is 16.0.